The van der Waals surface area contributed by atoms with Crippen molar-refractivity contribution in [1.29, 1.82) is 0 Å². The van der Waals surface area contributed by atoms with E-state index >= 15 is 0 Å². The molecule has 0 rings (SSSR count). The van der Waals surface area contributed by atoms with Gasteiger partial charge in [0.1, 0.15) is 0 Å². The van der Waals surface area contributed by atoms with Gasteiger partial charge in [-0.05, 0) is 0 Å². The molecule has 81 valence electrons. The van der Waals surface area contributed by atoms with Crippen molar-refractivity contribution in [2.24, 2.45) is 0 Å². The van der Waals surface area contributed by atoms with Crippen LogP contribution in [0.2, 0.25) is 0 Å². The molecule has 0 aromatic heterocycles. The molecule has 0 aliphatic rings. The molecule has 1 heteroatoms. The summed E-state index contributed by atoms with van der Waals surface area (Å²) in [6.07, 6.45) is 14.4. The molecule has 0 spiro atoms. The van der Waals surface area contributed by atoms with Crippen LogP contribution < -0.4 is 0 Å². The molecule has 1 radical (unpaired) electrons. The summed E-state index contributed by atoms with van der Waals surface area (Å²) in [5.74, 6) is 0. The minimum atomic E-state index is 0. The van der Waals surface area contributed by atoms with Crippen LogP contribution in [0.4, 0.5) is 0 Å². The van der Waals surface area contributed by atoms with E-state index in [0.717, 1.165) is 0 Å². The van der Waals surface area contributed by atoms with E-state index in [-0.39, 0.29) is 17.1 Å². The third-order valence-corrected chi connectivity index (χ3v) is 2.46. The number of hydrogen-bond acceptors (Lipinski definition) is 0. The monoisotopic (exact) mass is 225 g/mol. The molecule has 0 atom stereocenters. The third-order valence-electron chi connectivity index (χ3n) is 2.46. The summed E-state index contributed by atoms with van der Waals surface area (Å²) in [6.45, 7) is 4.56. The van der Waals surface area contributed by atoms with Gasteiger partial charge < -0.3 is 0 Å². The molecule has 13 heavy (non-hydrogen) atoms. The van der Waals surface area contributed by atoms with Crippen molar-refractivity contribution in [3.63, 3.8) is 0 Å². The van der Waals surface area contributed by atoms with Gasteiger partial charge in [0.05, 0.1) is 0 Å². The summed E-state index contributed by atoms with van der Waals surface area (Å²) in [5, 5.41) is 0. The predicted molar refractivity (Wildman–Crippen MR) is 57.5 cm³/mol. The van der Waals surface area contributed by atoms with E-state index < -0.39 is 0 Å². The summed E-state index contributed by atoms with van der Waals surface area (Å²) in [6, 6.07) is 0. The van der Waals surface area contributed by atoms with Crippen LogP contribution in [0.3, 0.4) is 0 Å². The first kappa shape index (κ1) is 16.0. The van der Waals surface area contributed by atoms with Gasteiger partial charge >= 0.3 is 0 Å². The van der Waals surface area contributed by atoms with Gasteiger partial charge in [0.25, 0.3) is 0 Å². The molecule has 0 bridgehead atoms. The summed E-state index contributed by atoms with van der Waals surface area (Å²) in [7, 11) is 0. The zero-order valence-corrected chi connectivity index (χ0v) is 10.6. The van der Waals surface area contributed by atoms with Crippen LogP contribution in [-0.4, -0.2) is 0 Å². The zero-order valence-electron chi connectivity index (χ0n) is 9.45. The maximum atomic E-state index is 2.28. The van der Waals surface area contributed by atoms with Crippen molar-refractivity contribution >= 4 is 0 Å². The fourth-order valence-electron chi connectivity index (χ4n) is 1.56. The van der Waals surface area contributed by atoms with Gasteiger partial charge in [-0.3, -0.25) is 0 Å². The Labute approximate surface area is 95.3 Å². The number of rotatable bonds is 9. The van der Waals surface area contributed by atoms with E-state index in [1.54, 1.807) is 0 Å². The van der Waals surface area contributed by atoms with Crippen molar-refractivity contribution < 1.29 is 17.1 Å². The van der Waals surface area contributed by atoms with Crippen molar-refractivity contribution in [3.05, 3.63) is 0 Å². The Kier molecular flexibility index (Phi) is 18.4. The SMILES string of the molecule is CCCCCCCCCCCC.[Mn]. The molecule has 0 saturated heterocycles. The second-order valence-electron chi connectivity index (χ2n) is 3.83. The average molecular weight is 225 g/mol. The van der Waals surface area contributed by atoms with Crippen LogP contribution in [0.25, 0.3) is 0 Å². The molecule has 0 N–H and O–H groups in total. The van der Waals surface area contributed by atoms with E-state index in [2.05, 4.69) is 13.8 Å². The second kappa shape index (κ2) is 15.0. The van der Waals surface area contributed by atoms with Crippen molar-refractivity contribution in [3.8, 4) is 0 Å². The summed E-state index contributed by atoms with van der Waals surface area (Å²) in [5.41, 5.74) is 0. The molecule has 0 nitrogen and oxygen atoms in total. The fraction of sp³-hybridized carbons (Fsp3) is 1.00. The van der Waals surface area contributed by atoms with Gasteiger partial charge in [-0.2, -0.15) is 0 Å². The molecule has 0 fully saturated rings. The number of unbranched alkanes of at least 4 members (excludes halogenated alkanes) is 9. The standard InChI is InChI=1S/C12H26.Mn/c1-3-5-7-9-11-12-10-8-6-4-2;/h3-12H2,1-2H3;. The van der Waals surface area contributed by atoms with Crippen LogP contribution in [0.5, 0.6) is 0 Å². The molecule has 0 aliphatic carbocycles. The smallest absolute Gasteiger partial charge is 0 e. The summed E-state index contributed by atoms with van der Waals surface area (Å²) in [4.78, 5) is 0. The molecule has 0 amide bonds. The Balaban J connectivity index is 0. The third kappa shape index (κ3) is 15.3. The Hall–Kier alpha value is 0.519. The zero-order chi connectivity index (χ0) is 9.07. The molecular weight excluding hydrogens is 199 g/mol. The molecule has 0 heterocycles. The molecule has 0 saturated carbocycles. The van der Waals surface area contributed by atoms with Crippen LogP contribution in [0, 0.1) is 0 Å². The van der Waals surface area contributed by atoms with Gasteiger partial charge in [-0.25, -0.2) is 0 Å². The van der Waals surface area contributed by atoms with Crippen molar-refractivity contribution in [1.82, 2.24) is 0 Å². The van der Waals surface area contributed by atoms with Crippen LogP contribution >= 0.6 is 0 Å². The maximum Gasteiger partial charge on any atom is 0 e. The molecule has 0 aliphatic heterocycles. The topological polar surface area (TPSA) is 0 Å². The van der Waals surface area contributed by atoms with Gasteiger partial charge in [0, 0.05) is 17.1 Å². The van der Waals surface area contributed by atoms with E-state index in [9.17, 15) is 0 Å². The predicted octanol–water partition coefficient (Wildman–Crippen LogP) is 4.92. The first-order chi connectivity index (χ1) is 5.91. The summed E-state index contributed by atoms with van der Waals surface area (Å²) >= 11 is 0. The molecular formula is C12H26Mn. The molecule has 0 aromatic rings. The Morgan fingerprint density at radius 1 is 0.462 bits per heavy atom. The van der Waals surface area contributed by atoms with Crippen molar-refractivity contribution in [2.45, 2.75) is 78.1 Å². The first-order valence-electron chi connectivity index (χ1n) is 5.91. The van der Waals surface area contributed by atoms with Crippen LogP contribution in [0.15, 0.2) is 0 Å². The normalized spacial score (nSPS) is 9.69. The Morgan fingerprint density at radius 3 is 0.923 bits per heavy atom. The first-order valence-corrected chi connectivity index (χ1v) is 5.91. The van der Waals surface area contributed by atoms with E-state index in [4.69, 9.17) is 0 Å². The fourth-order valence-corrected chi connectivity index (χ4v) is 1.56. The van der Waals surface area contributed by atoms with Crippen LogP contribution in [-0.2, 0) is 17.1 Å². The van der Waals surface area contributed by atoms with Gasteiger partial charge in [0.15, 0.2) is 0 Å². The molecule has 0 aromatic carbocycles. The minimum absolute atomic E-state index is 0. The van der Waals surface area contributed by atoms with Gasteiger partial charge in [-0.1, -0.05) is 78.1 Å². The quantitative estimate of drug-likeness (QED) is 0.385. The van der Waals surface area contributed by atoms with Gasteiger partial charge in [0.2, 0.25) is 0 Å². The van der Waals surface area contributed by atoms with Crippen LogP contribution in [0.1, 0.15) is 78.1 Å². The number of hydrogen-bond donors (Lipinski definition) is 0. The van der Waals surface area contributed by atoms with Crippen molar-refractivity contribution in [2.75, 3.05) is 0 Å². The minimum Gasteiger partial charge on any atom is -0.0654 e. The largest absolute Gasteiger partial charge is 0.0654 e. The Bertz CT molecular complexity index is 61.5. The average Bonchev–Trinajstić information content (AvgIpc) is 2.10. The van der Waals surface area contributed by atoms with Gasteiger partial charge in [-0.15, -0.1) is 0 Å². The van der Waals surface area contributed by atoms with E-state index in [1.807, 2.05) is 0 Å². The van der Waals surface area contributed by atoms with E-state index in [1.165, 1.54) is 64.2 Å². The maximum absolute atomic E-state index is 2.28. The molecule has 0 unspecified atom stereocenters. The summed E-state index contributed by atoms with van der Waals surface area (Å²) < 4.78 is 0. The second-order valence-corrected chi connectivity index (χ2v) is 3.83. The Morgan fingerprint density at radius 2 is 0.692 bits per heavy atom. The van der Waals surface area contributed by atoms with E-state index in [0.29, 0.717) is 0 Å².